The van der Waals surface area contributed by atoms with Gasteiger partial charge in [0, 0.05) is 29.8 Å². The molecule has 27 heavy (non-hydrogen) atoms. The first-order valence-corrected chi connectivity index (χ1v) is 7.71. The van der Waals surface area contributed by atoms with Crippen molar-refractivity contribution in [3.8, 4) is 0 Å². The molecule has 0 atom stereocenters. The van der Waals surface area contributed by atoms with Crippen molar-refractivity contribution in [3.05, 3.63) is 89.5 Å². The lowest BCUT2D eigenvalue weighted by atomic mass is 10.1. The van der Waals surface area contributed by atoms with Crippen molar-refractivity contribution in [1.82, 2.24) is 4.98 Å². The van der Waals surface area contributed by atoms with Crippen molar-refractivity contribution in [2.45, 2.75) is 0 Å². The van der Waals surface area contributed by atoms with E-state index in [1.165, 1.54) is 42.7 Å². The van der Waals surface area contributed by atoms with E-state index in [9.17, 15) is 22.8 Å². The molecule has 3 aromatic rings. The van der Waals surface area contributed by atoms with E-state index in [0.717, 1.165) is 18.2 Å². The van der Waals surface area contributed by atoms with E-state index in [4.69, 9.17) is 0 Å². The number of anilines is 2. The summed E-state index contributed by atoms with van der Waals surface area (Å²) in [6.07, 6.45) is 2.46. The largest absolute Gasteiger partial charge is 0.322 e. The Balaban J connectivity index is 1.75. The number of aromatic nitrogens is 1. The van der Waals surface area contributed by atoms with E-state index >= 15 is 0 Å². The highest BCUT2D eigenvalue weighted by Gasteiger charge is 2.13. The minimum Gasteiger partial charge on any atom is -0.322 e. The van der Waals surface area contributed by atoms with Gasteiger partial charge in [-0.25, -0.2) is 13.2 Å². The third kappa shape index (κ3) is 4.49. The smallest absolute Gasteiger partial charge is 0.257 e. The van der Waals surface area contributed by atoms with Crippen LogP contribution in [0, 0.1) is 17.5 Å². The highest BCUT2D eigenvalue weighted by atomic mass is 19.2. The van der Waals surface area contributed by atoms with Gasteiger partial charge in [-0.3, -0.25) is 14.6 Å². The monoisotopic (exact) mass is 371 g/mol. The number of rotatable bonds is 4. The SMILES string of the molecule is O=C(Nc1cccc(F)c1)c1cncc(C(=O)Nc2ccc(F)c(F)c2)c1. The molecule has 0 aliphatic rings. The Morgan fingerprint density at radius 2 is 1.37 bits per heavy atom. The first-order chi connectivity index (χ1) is 12.9. The van der Waals surface area contributed by atoms with Crippen LogP contribution in [0.2, 0.25) is 0 Å². The van der Waals surface area contributed by atoms with Crippen LogP contribution in [-0.4, -0.2) is 16.8 Å². The third-order valence-electron chi connectivity index (χ3n) is 3.52. The number of hydrogen-bond acceptors (Lipinski definition) is 3. The zero-order chi connectivity index (χ0) is 19.4. The van der Waals surface area contributed by atoms with Crippen LogP contribution < -0.4 is 10.6 Å². The topological polar surface area (TPSA) is 71.1 Å². The van der Waals surface area contributed by atoms with Crippen LogP contribution in [0.5, 0.6) is 0 Å². The minimum absolute atomic E-state index is 0.0339. The molecule has 0 aliphatic heterocycles. The molecule has 0 fully saturated rings. The second kappa shape index (κ2) is 7.69. The molecule has 0 bridgehead atoms. The van der Waals surface area contributed by atoms with E-state index in [0.29, 0.717) is 0 Å². The zero-order valence-electron chi connectivity index (χ0n) is 13.7. The molecular weight excluding hydrogens is 359 g/mol. The van der Waals surface area contributed by atoms with Crippen LogP contribution in [0.3, 0.4) is 0 Å². The molecule has 0 radical (unpaired) electrons. The van der Waals surface area contributed by atoms with Crippen molar-refractivity contribution in [2.75, 3.05) is 10.6 Å². The fraction of sp³-hybridized carbons (Fsp3) is 0. The van der Waals surface area contributed by atoms with Crippen molar-refractivity contribution in [1.29, 1.82) is 0 Å². The van der Waals surface area contributed by atoms with Gasteiger partial charge in [-0.2, -0.15) is 0 Å². The predicted molar refractivity (Wildman–Crippen MR) is 92.9 cm³/mol. The molecule has 8 heteroatoms. The summed E-state index contributed by atoms with van der Waals surface area (Å²) in [6.45, 7) is 0. The standard InChI is InChI=1S/C19H12F3N3O2/c20-13-2-1-3-14(7-13)24-18(26)11-6-12(10-23-9-11)19(27)25-15-4-5-16(21)17(22)8-15/h1-10H,(H,24,26)(H,25,27). The second-order valence-corrected chi connectivity index (χ2v) is 5.51. The molecular formula is C19H12F3N3O2. The summed E-state index contributed by atoms with van der Waals surface area (Å²) in [5.74, 6) is -3.89. The number of benzene rings is 2. The summed E-state index contributed by atoms with van der Waals surface area (Å²) < 4.78 is 39.3. The maximum atomic E-state index is 13.2. The normalized spacial score (nSPS) is 10.3. The lowest BCUT2D eigenvalue weighted by Gasteiger charge is -2.08. The molecule has 3 rings (SSSR count). The van der Waals surface area contributed by atoms with E-state index < -0.39 is 29.3 Å². The molecule has 0 saturated carbocycles. The van der Waals surface area contributed by atoms with Gasteiger partial charge < -0.3 is 10.6 Å². The summed E-state index contributed by atoms with van der Waals surface area (Å²) in [6, 6.07) is 9.52. The van der Waals surface area contributed by atoms with Gasteiger partial charge in [0.15, 0.2) is 11.6 Å². The average molecular weight is 371 g/mol. The van der Waals surface area contributed by atoms with E-state index in [-0.39, 0.29) is 22.5 Å². The highest BCUT2D eigenvalue weighted by Crippen LogP contribution is 2.15. The minimum atomic E-state index is -1.10. The van der Waals surface area contributed by atoms with E-state index in [2.05, 4.69) is 15.6 Å². The van der Waals surface area contributed by atoms with Gasteiger partial charge in [0.05, 0.1) is 11.1 Å². The number of amides is 2. The molecule has 0 unspecified atom stereocenters. The first kappa shape index (κ1) is 18.1. The van der Waals surface area contributed by atoms with Gasteiger partial charge in [-0.15, -0.1) is 0 Å². The Hall–Kier alpha value is -3.68. The molecule has 1 heterocycles. The lowest BCUT2D eigenvalue weighted by molar-refractivity contribution is 0.102. The quantitative estimate of drug-likeness (QED) is 0.728. The number of carbonyl (C=O) groups excluding carboxylic acids is 2. The van der Waals surface area contributed by atoms with Gasteiger partial charge in [0.25, 0.3) is 11.8 Å². The van der Waals surface area contributed by atoms with Crippen molar-refractivity contribution in [3.63, 3.8) is 0 Å². The fourth-order valence-corrected chi connectivity index (χ4v) is 2.23. The van der Waals surface area contributed by atoms with Gasteiger partial charge in [0.2, 0.25) is 0 Å². The van der Waals surface area contributed by atoms with Crippen LogP contribution in [0.4, 0.5) is 24.5 Å². The Morgan fingerprint density at radius 1 is 0.741 bits per heavy atom. The Kier molecular flexibility index (Phi) is 5.16. The molecule has 1 aromatic heterocycles. The molecule has 0 aliphatic carbocycles. The van der Waals surface area contributed by atoms with Gasteiger partial charge in [-0.05, 0) is 36.4 Å². The highest BCUT2D eigenvalue weighted by molar-refractivity contribution is 6.08. The zero-order valence-corrected chi connectivity index (χ0v) is 13.7. The number of carbonyl (C=O) groups is 2. The summed E-state index contributed by atoms with van der Waals surface area (Å²) in [5, 5.41) is 4.87. The predicted octanol–water partition coefficient (Wildman–Crippen LogP) is 4.00. The maximum Gasteiger partial charge on any atom is 0.257 e. The lowest BCUT2D eigenvalue weighted by Crippen LogP contribution is -2.16. The molecule has 5 nitrogen and oxygen atoms in total. The van der Waals surface area contributed by atoms with Crippen molar-refractivity contribution < 1.29 is 22.8 Å². The Labute approximate surface area is 151 Å². The van der Waals surface area contributed by atoms with Gasteiger partial charge >= 0.3 is 0 Å². The van der Waals surface area contributed by atoms with Gasteiger partial charge in [-0.1, -0.05) is 6.07 Å². The number of pyridine rings is 1. The Morgan fingerprint density at radius 3 is 1.96 bits per heavy atom. The van der Waals surface area contributed by atoms with Crippen molar-refractivity contribution in [2.24, 2.45) is 0 Å². The van der Waals surface area contributed by atoms with Crippen LogP contribution in [0.15, 0.2) is 60.9 Å². The summed E-state index contributed by atoms with van der Waals surface area (Å²) in [5.41, 5.74) is 0.397. The molecule has 0 saturated heterocycles. The molecule has 136 valence electrons. The summed E-state index contributed by atoms with van der Waals surface area (Å²) in [7, 11) is 0. The van der Waals surface area contributed by atoms with Crippen LogP contribution in [0.1, 0.15) is 20.7 Å². The first-order valence-electron chi connectivity index (χ1n) is 7.71. The number of nitrogens with one attached hydrogen (secondary N) is 2. The third-order valence-corrected chi connectivity index (χ3v) is 3.52. The molecule has 2 N–H and O–H groups in total. The second-order valence-electron chi connectivity index (χ2n) is 5.51. The molecule has 2 aromatic carbocycles. The molecule has 2 amide bonds. The maximum absolute atomic E-state index is 13.2. The fourth-order valence-electron chi connectivity index (χ4n) is 2.23. The summed E-state index contributed by atoms with van der Waals surface area (Å²) in [4.78, 5) is 28.3. The van der Waals surface area contributed by atoms with E-state index in [1.807, 2.05) is 0 Å². The number of halogens is 3. The Bertz CT molecular complexity index is 1020. The molecule has 0 spiro atoms. The van der Waals surface area contributed by atoms with E-state index in [1.54, 1.807) is 0 Å². The van der Waals surface area contributed by atoms with Crippen LogP contribution in [0.25, 0.3) is 0 Å². The van der Waals surface area contributed by atoms with Crippen LogP contribution in [-0.2, 0) is 0 Å². The van der Waals surface area contributed by atoms with Crippen LogP contribution >= 0.6 is 0 Å². The number of nitrogens with zero attached hydrogens (tertiary/aromatic N) is 1. The summed E-state index contributed by atoms with van der Waals surface area (Å²) >= 11 is 0. The average Bonchev–Trinajstić information content (AvgIpc) is 2.65. The number of hydrogen-bond donors (Lipinski definition) is 2. The van der Waals surface area contributed by atoms with Gasteiger partial charge in [0.1, 0.15) is 5.82 Å². The van der Waals surface area contributed by atoms with Crippen molar-refractivity contribution >= 4 is 23.2 Å².